The van der Waals surface area contributed by atoms with Gasteiger partial charge in [-0.2, -0.15) is 0 Å². The molecule has 194 valence electrons. The van der Waals surface area contributed by atoms with Crippen LogP contribution in [0.1, 0.15) is 21.5 Å². The van der Waals surface area contributed by atoms with E-state index in [1.807, 2.05) is 41.3 Å². The molecular weight excluding hydrogens is 460 g/mol. The summed E-state index contributed by atoms with van der Waals surface area (Å²) in [4.78, 5) is 22.5. The number of rotatable bonds is 8. The number of ether oxygens (including phenoxy) is 1. The molecular formula is C31H38N4O2. The van der Waals surface area contributed by atoms with Crippen LogP contribution in [0.3, 0.4) is 0 Å². The van der Waals surface area contributed by atoms with Gasteiger partial charge in [0.1, 0.15) is 12.4 Å². The van der Waals surface area contributed by atoms with E-state index in [2.05, 4.69) is 64.2 Å². The van der Waals surface area contributed by atoms with Gasteiger partial charge < -0.3 is 19.4 Å². The van der Waals surface area contributed by atoms with Crippen molar-refractivity contribution in [1.82, 2.24) is 14.7 Å². The first-order valence-electron chi connectivity index (χ1n) is 13.5. The standard InChI is InChI=1S/C31H38N4O2/c1-32-16-20-34(21-17-32)29-12-5-6-13-30(29)37-25-27-10-7-11-28(24-27)31(36)35-22-18-33(19-23-35)15-14-26-8-3-2-4-9-26/h2-13,24H,14-23,25H2,1H3. The van der Waals surface area contributed by atoms with E-state index in [1.165, 1.54) is 5.56 Å². The first kappa shape index (κ1) is 25.3. The lowest BCUT2D eigenvalue weighted by atomic mass is 10.1. The quantitative estimate of drug-likeness (QED) is 0.469. The van der Waals surface area contributed by atoms with E-state index in [9.17, 15) is 4.79 Å². The van der Waals surface area contributed by atoms with Crippen molar-refractivity contribution in [3.05, 3.63) is 95.6 Å². The zero-order chi connectivity index (χ0) is 25.5. The molecule has 2 aliphatic rings. The SMILES string of the molecule is CN1CCN(c2ccccc2OCc2cccc(C(=O)N3CCN(CCc4ccccc4)CC3)c2)CC1. The Morgan fingerprint density at radius 1 is 0.757 bits per heavy atom. The summed E-state index contributed by atoms with van der Waals surface area (Å²) in [5, 5.41) is 0. The van der Waals surface area contributed by atoms with E-state index < -0.39 is 0 Å². The van der Waals surface area contributed by atoms with Crippen molar-refractivity contribution in [2.24, 2.45) is 0 Å². The maximum atomic E-state index is 13.3. The van der Waals surface area contributed by atoms with Crippen molar-refractivity contribution in [2.75, 3.05) is 70.9 Å². The molecule has 3 aromatic carbocycles. The van der Waals surface area contributed by atoms with E-state index in [4.69, 9.17) is 4.74 Å². The van der Waals surface area contributed by atoms with Crippen molar-refractivity contribution in [1.29, 1.82) is 0 Å². The fourth-order valence-electron chi connectivity index (χ4n) is 5.13. The summed E-state index contributed by atoms with van der Waals surface area (Å²) in [6.07, 6.45) is 1.05. The fraction of sp³-hybridized carbons (Fsp3) is 0.387. The Kier molecular flexibility index (Phi) is 8.39. The third kappa shape index (κ3) is 6.70. The number of benzene rings is 3. The molecule has 0 spiro atoms. The molecule has 1 amide bonds. The minimum absolute atomic E-state index is 0.113. The average molecular weight is 499 g/mol. The van der Waals surface area contributed by atoms with E-state index in [0.717, 1.165) is 87.9 Å². The summed E-state index contributed by atoms with van der Waals surface area (Å²) in [6.45, 7) is 8.97. The number of hydrogen-bond donors (Lipinski definition) is 0. The molecule has 0 radical (unpaired) electrons. The van der Waals surface area contributed by atoms with E-state index >= 15 is 0 Å². The molecule has 0 atom stereocenters. The summed E-state index contributed by atoms with van der Waals surface area (Å²) >= 11 is 0. The lowest BCUT2D eigenvalue weighted by Gasteiger charge is -2.35. The summed E-state index contributed by atoms with van der Waals surface area (Å²) < 4.78 is 6.27. The van der Waals surface area contributed by atoms with Gasteiger partial charge in [-0.3, -0.25) is 9.69 Å². The molecule has 2 aliphatic heterocycles. The highest BCUT2D eigenvalue weighted by Crippen LogP contribution is 2.29. The third-order valence-electron chi connectivity index (χ3n) is 7.50. The number of nitrogens with zero attached hydrogens (tertiary/aromatic N) is 4. The van der Waals surface area contributed by atoms with Crippen LogP contribution in [0.15, 0.2) is 78.9 Å². The van der Waals surface area contributed by atoms with Crippen LogP contribution in [0.5, 0.6) is 5.75 Å². The maximum Gasteiger partial charge on any atom is 0.253 e. The second-order valence-electron chi connectivity index (χ2n) is 10.1. The Balaban J connectivity index is 1.14. The molecule has 0 unspecified atom stereocenters. The molecule has 37 heavy (non-hydrogen) atoms. The van der Waals surface area contributed by atoms with Gasteiger partial charge in [-0.15, -0.1) is 0 Å². The Morgan fingerprint density at radius 2 is 1.46 bits per heavy atom. The number of carbonyl (C=O) groups is 1. The van der Waals surface area contributed by atoms with Gasteiger partial charge in [-0.05, 0) is 48.9 Å². The summed E-state index contributed by atoms with van der Waals surface area (Å²) in [6, 6.07) is 26.8. The molecule has 2 saturated heterocycles. The second-order valence-corrected chi connectivity index (χ2v) is 10.1. The largest absolute Gasteiger partial charge is 0.487 e. The molecule has 3 aromatic rings. The molecule has 5 rings (SSSR count). The van der Waals surface area contributed by atoms with Crippen molar-refractivity contribution in [3.8, 4) is 5.75 Å². The summed E-state index contributed by atoms with van der Waals surface area (Å²) in [5.41, 5.74) is 4.27. The van der Waals surface area contributed by atoms with Crippen LogP contribution in [0.2, 0.25) is 0 Å². The molecule has 2 fully saturated rings. The first-order valence-corrected chi connectivity index (χ1v) is 13.5. The lowest BCUT2D eigenvalue weighted by Crippen LogP contribution is -2.49. The minimum atomic E-state index is 0.113. The Bertz CT molecular complexity index is 1150. The number of piperazine rings is 2. The van der Waals surface area contributed by atoms with Gasteiger partial charge in [-0.1, -0.05) is 54.6 Å². The van der Waals surface area contributed by atoms with Crippen LogP contribution >= 0.6 is 0 Å². The van der Waals surface area contributed by atoms with Crippen molar-refractivity contribution < 1.29 is 9.53 Å². The van der Waals surface area contributed by atoms with Gasteiger partial charge in [0, 0.05) is 64.5 Å². The van der Waals surface area contributed by atoms with E-state index in [0.29, 0.717) is 6.61 Å². The summed E-state index contributed by atoms with van der Waals surface area (Å²) in [5.74, 6) is 1.01. The van der Waals surface area contributed by atoms with Crippen LogP contribution in [0, 0.1) is 0 Å². The minimum Gasteiger partial charge on any atom is -0.487 e. The van der Waals surface area contributed by atoms with Crippen LogP contribution < -0.4 is 9.64 Å². The predicted octanol–water partition coefficient (Wildman–Crippen LogP) is 4.02. The highest BCUT2D eigenvalue weighted by atomic mass is 16.5. The van der Waals surface area contributed by atoms with E-state index in [1.54, 1.807) is 0 Å². The molecule has 0 bridgehead atoms. The number of likely N-dealkylation sites (N-methyl/N-ethyl adjacent to an activating group) is 1. The highest BCUT2D eigenvalue weighted by Gasteiger charge is 2.22. The molecule has 0 N–H and O–H groups in total. The smallest absolute Gasteiger partial charge is 0.253 e. The van der Waals surface area contributed by atoms with Gasteiger partial charge >= 0.3 is 0 Å². The topological polar surface area (TPSA) is 39.3 Å². The highest BCUT2D eigenvalue weighted by molar-refractivity contribution is 5.94. The Labute approximate surface area is 221 Å². The number of anilines is 1. The normalized spacial score (nSPS) is 17.1. The predicted molar refractivity (Wildman–Crippen MR) is 149 cm³/mol. The average Bonchev–Trinajstić information content (AvgIpc) is 2.96. The van der Waals surface area contributed by atoms with Crippen LogP contribution in [-0.4, -0.2) is 86.6 Å². The molecule has 6 nitrogen and oxygen atoms in total. The van der Waals surface area contributed by atoms with Gasteiger partial charge in [0.15, 0.2) is 0 Å². The maximum absolute atomic E-state index is 13.3. The van der Waals surface area contributed by atoms with Gasteiger partial charge in [0.2, 0.25) is 0 Å². The number of amides is 1. The van der Waals surface area contributed by atoms with Crippen molar-refractivity contribution in [3.63, 3.8) is 0 Å². The molecule has 0 aliphatic carbocycles. The van der Waals surface area contributed by atoms with Crippen LogP contribution in [-0.2, 0) is 13.0 Å². The van der Waals surface area contributed by atoms with E-state index in [-0.39, 0.29) is 5.91 Å². The first-order chi connectivity index (χ1) is 18.2. The molecule has 6 heteroatoms. The molecule has 0 aromatic heterocycles. The Hall–Kier alpha value is -3.35. The Morgan fingerprint density at radius 3 is 2.24 bits per heavy atom. The van der Waals surface area contributed by atoms with Crippen LogP contribution in [0.4, 0.5) is 5.69 Å². The number of carbonyl (C=O) groups excluding carboxylic acids is 1. The number of para-hydroxylation sites is 2. The number of hydrogen-bond acceptors (Lipinski definition) is 5. The van der Waals surface area contributed by atoms with Crippen molar-refractivity contribution >= 4 is 11.6 Å². The third-order valence-corrected chi connectivity index (χ3v) is 7.50. The molecule has 0 saturated carbocycles. The lowest BCUT2D eigenvalue weighted by molar-refractivity contribution is 0.0638. The van der Waals surface area contributed by atoms with Crippen LogP contribution in [0.25, 0.3) is 0 Å². The van der Waals surface area contributed by atoms with Gasteiger partial charge in [-0.25, -0.2) is 0 Å². The second kappa shape index (κ2) is 12.3. The summed E-state index contributed by atoms with van der Waals surface area (Å²) in [7, 11) is 2.17. The zero-order valence-electron chi connectivity index (χ0n) is 21.9. The monoisotopic (exact) mass is 498 g/mol. The molecule has 2 heterocycles. The van der Waals surface area contributed by atoms with Gasteiger partial charge in [0.05, 0.1) is 5.69 Å². The zero-order valence-corrected chi connectivity index (χ0v) is 21.9. The van der Waals surface area contributed by atoms with Crippen molar-refractivity contribution in [2.45, 2.75) is 13.0 Å². The van der Waals surface area contributed by atoms with Gasteiger partial charge in [0.25, 0.3) is 5.91 Å². The fourth-order valence-corrected chi connectivity index (χ4v) is 5.13.